The number of hydrogen-bond acceptors (Lipinski definition) is 7. The van der Waals surface area contributed by atoms with Gasteiger partial charge in [-0.05, 0) is 28.8 Å². The van der Waals surface area contributed by atoms with Gasteiger partial charge in [0.15, 0.2) is 0 Å². The van der Waals surface area contributed by atoms with Gasteiger partial charge >= 0.3 is 0 Å². The number of aliphatic hydroxyl groups is 4. The van der Waals surface area contributed by atoms with Crippen molar-refractivity contribution in [3.05, 3.63) is 40.5 Å². The van der Waals surface area contributed by atoms with Gasteiger partial charge in [-0.15, -0.1) is 0 Å². The van der Waals surface area contributed by atoms with E-state index in [0.29, 0.717) is 11.1 Å². The van der Waals surface area contributed by atoms with Crippen LogP contribution in [0, 0.1) is 0 Å². The summed E-state index contributed by atoms with van der Waals surface area (Å²) in [5, 5.41) is 58.5. The van der Waals surface area contributed by atoms with Crippen molar-refractivity contribution in [1.82, 2.24) is 0 Å². The fourth-order valence-electron chi connectivity index (χ4n) is 2.85. The van der Waals surface area contributed by atoms with Crippen LogP contribution in [0.15, 0.2) is 18.2 Å². The van der Waals surface area contributed by atoms with E-state index in [0.717, 1.165) is 0 Å². The van der Waals surface area contributed by atoms with Crippen LogP contribution in [-0.4, -0.2) is 37.7 Å². The maximum absolute atomic E-state index is 10.2. The van der Waals surface area contributed by atoms with Crippen LogP contribution >= 0.6 is 0 Å². The van der Waals surface area contributed by atoms with E-state index in [2.05, 4.69) is 0 Å². The van der Waals surface area contributed by atoms with Gasteiger partial charge in [0.1, 0.15) is 17.2 Å². The first-order valence-corrected chi connectivity index (χ1v) is 7.23. The highest BCUT2D eigenvalue weighted by atomic mass is 16.5. The Hall–Kier alpha value is -2.32. The number of rotatable bonds is 6. The lowest BCUT2D eigenvalue weighted by Gasteiger charge is -2.22. The summed E-state index contributed by atoms with van der Waals surface area (Å²) in [5.74, 6) is -0.122. The predicted molar refractivity (Wildman–Crippen MR) is 85.5 cm³/mol. The molecule has 130 valence electrons. The lowest BCUT2D eigenvalue weighted by Crippen LogP contribution is -2.08. The van der Waals surface area contributed by atoms with Crippen molar-refractivity contribution in [2.45, 2.75) is 26.4 Å². The highest BCUT2D eigenvalue weighted by molar-refractivity contribution is 5.80. The summed E-state index contributed by atoms with van der Waals surface area (Å²) in [6.45, 7) is -2.15. The van der Waals surface area contributed by atoms with Crippen molar-refractivity contribution in [3.63, 3.8) is 0 Å². The van der Waals surface area contributed by atoms with E-state index in [4.69, 9.17) is 4.74 Å². The minimum absolute atomic E-state index is 0.0322. The largest absolute Gasteiger partial charge is 0.508 e. The van der Waals surface area contributed by atoms with Gasteiger partial charge in [0.2, 0.25) is 0 Å². The van der Waals surface area contributed by atoms with Crippen LogP contribution in [0.2, 0.25) is 0 Å². The Morgan fingerprint density at radius 2 is 1.29 bits per heavy atom. The van der Waals surface area contributed by atoms with Gasteiger partial charge in [-0.25, -0.2) is 0 Å². The van der Waals surface area contributed by atoms with Crippen LogP contribution in [0.1, 0.15) is 22.3 Å². The summed E-state index contributed by atoms with van der Waals surface area (Å²) in [7, 11) is 1.40. The van der Waals surface area contributed by atoms with E-state index in [9.17, 15) is 30.6 Å². The SMILES string of the molecule is COc1cc(O)ccc1-c1c(CO)c(CO)c(O)c(CO)c1CO. The molecule has 0 spiro atoms. The molecule has 6 N–H and O–H groups in total. The molecule has 0 unspecified atom stereocenters. The van der Waals surface area contributed by atoms with E-state index < -0.39 is 26.4 Å². The third kappa shape index (κ3) is 2.90. The molecule has 2 aromatic rings. The van der Waals surface area contributed by atoms with Crippen molar-refractivity contribution in [3.8, 4) is 28.4 Å². The Labute approximate surface area is 138 Å². The molecule has 24 heavy (non-hydrogen) atoms. The van der Waals surface area contributed by atoms with Crippen LogP contribution in [-0.2, 0) is 26.4 Å². The number of hydrogen-bond donors (Lipinski definition) is 6. The fourth-order valence-corrected chi connectivity index (χ4v) is 2.85. The molecule has 0 aliphatic carbocycles. The molecule has 0 amide bonds. The van der Waals surface area contributed by atoms with Gasteiger partial charge < -0.3 is 35.4 Å². The molecule has 0 bridgehead atoms. The Bertz CT molecular complexity index is 707. The number of phenolic OH excluding ortho intramolecular Hbond substituents is 1. The van der Waals surface area contributed by atoms with E-state index >= 15 is 0 Å². The van der Waals surface area contributed by atoms with Crippen LogP contribution in [0.4, 0.5) is 0 Å². The third-order valence-corrected chi connectivity index (χ3v) is 3.99. The van der Waals surface area contributed by atoms with Crippen LogP contribution in [0.25, 0.3) is 11.1 Å². The average molecular weight is 336 g/mol. The fraction of sp³-hybridized carbons (Fsp3) is 0.294. The van der Waals surface area contributed by atoms with E-state index in [-0.39, 0.29) is 39.5 Å². The Kier molecular flexibility index (Phi) is 5.63. The van der Waals surface area contributed by atoms with Crippen molar-refractivity contribution in [2.75, 3.05) is 7.11 Å². The number of phenols is 2. The minimum Gasteiger partial charge on any atom is -0.508 e. The molecule has 2 aromatic carbocycles. The van der Waals surface area contributed by atoms with Crippen molar-refractivity contribution in [1.29, 1.82) is 0 Å². The molecule has 7 heteroatoms. The molecule has 0 radical (unpaired) electrons. The summed E-state index contributed by atoms with van der Waals surface area (Å²) in [6.07, 6.45) is 0. The number of ether oxygens (including phenoxy) is 1. The second kappa shape index (κ2) is 7.50. The third-order valence-electron chi connectivity index (χ3n) is 3.99. The summed E-state index contributed by atoms with van der Waals surface area (Å²) >= 11 is 0. The smallest absolute Gasteiger partial charge is 0.130 e. The molecule has 0 saturated heterocycles. The number of benzene rings is 2. The normalized spacial score (nSPS) is 10.9. The van der Waals surface area contributed by atoms with Crippen LogP contribution in [0.3, 0.4) is 0 Å². The molecular formula is C17H20O7. The minimum atomic E-state index is -0.562. The van der Waals surface area contributed by atoms with E-state index in [1.807, 2.05) is 0 Å². The van der Waals surface area contributed by atoms with Gasteiger partial charge in [-0.3, -0.25) is 0 Å². The molecule has 0 saturated carbocycles. The summed E-state index contributed by atoms with van der Waals surface area (Å²) in [6, 6.07) is 4.30. The van der Waals surface area contributed by atoms with Gasteiger partial charge in [0.25, 0.3) is 0 Å². The van der Waals surface area contributed by atoms with Gasteiger partial charge in [-0.1, -0.05) is 0 Å². The highest BCUT2D eigenvalue weighted by Crippen LogP contribution is 2.43. The van der Waals surface area contributed by atoms with Crippen LogP contribution < -0.4 is 4.74 Å². The molecule has 0 aliphatic rings. The summed E-state index contributed by atoms with van der Waals surface area (Å²) < 4.78 is 5.25. The molecule has 0 aliphatic heterocycles. The van der Waals surface area contributed by atoms with Gasteiger partial charge in [0.05, 0.1) is 33.5 Å². The Balaban J connectivity index is 2.96. The lowest BCUT2D eigenvalue weighted by atomic mass is 9.86. The second-order valence-electron chi connectivity index (χ2n) is 5.15. The Morgan fingerprint density at radius 3 is 1.71 bits per heavy atom. The second-order valence-corrected chi connectivity index (χ2v) is 5.15. The van der Waals surface area contributed by atoms with Gasteiger partial charge in [0, 0.05) is 22.8 Å². The van der Waals surface area contributed by atoms with Crippen molar-refractivity contribution in [2.24, 2.45) is 0 Å². The maximum Gasteiger partial charge on any atom is 0.130 e. The first-order valence-electron chi connectivity index (χ1n) is 7.23. The van der Waals surface area contributed by atoms with Crippen molar-refractivity contribution >= 4 is 0 Å². The number of aliphatic hydroxyl groups excluding tert-OH is 4. The van der Waals surface area contributed by atoms with Crippen molar-refractivity contribution < 1.29 is 35.4 Å². The number of methoxy groups -OCH3 is 1. The molecular weight excluding hydrogens is 316 g/mol. The monoisotopic (exact) mass is 336 g/mol. The topological polar surface area (TPSA) is 131 Å². The van der Waals surface area contributed by atoms with E-state index in [1.165, 1.54) is 25.3 Å². The van der Waals surface area contributed by atoms with Crippen LogP contribution in [0.5, 0.6) is 17.2 Å². The molecule has 2 rings (SSSR count). The number of aromatic hydroxyl groups is 2. The Morgan fingerprint density at radius 1 is 0.792 bits per heavy atom. The standard InChI is InChI=1S/C17H20O7/c1-24-15-4-9(22)2-3-10(15)16-11(5-18)13(7-20)17(23)14(8-21)12(16)6-19/h2-4,18-23H,5-8H2,1H3. The van der Waals surface area contributed by atoms with Gasteiger partial charge in [-0.2, -0.15) is 0 Å². The average Bonchev–Trinajstić information content (AvgIpc) is 2.60. The first kappa shape index (κ1) is 18.0. The first-order chi connectivity index (χ1) is 11.5. The lowest BCUT2D eigenvalue weighted by molar-refractivity contribution is 0.241. The maximum atomic E-state index is 10.2. The highest BCUT2D eigenvalue weighted by Gasteiger charge is 2.25. The zero-order valence-corrected chi connectivity index (χ0v) is 13.2. The zero-order valence-electron chi connectivity index (χ0n) is 13.2. The molecule has 0 heterocycles. The molecule has 0 aromatic heterocycles. The van der Waals surface area contributed by atoms with E-state index in [1.54, 1.807) is 0 Å². The quantitative estimate of drug-likeness (QED) is 0.459. The summed E-state index contributed by atoms with van der Waals surface area (Å²) in [4.78, 5) is 0. The molecule has 0 fully saturated rings. The summed E-state index contributed by atoms with van der Waals surface area (Å²) in [5.41, 5.74) is 1.31. The zero-order chi connectivity index (χ0) is 17.9. The molecule has 7 nitrogen and oxygen atoms in total. The predicted octanol–water partition coefficient (Wildman–Crippen LogP) is 0.743. The molecule has 0 atom stereocenters.